The lowest BCUT2D eigenvalue weighted by Crippen LogP contribution is -2.54. The number of hydrogen-bond acceptors (Lipinski definition) is 6. The van der Waals surface area contributed by atoms with Crippen molar-refractivity contribution in [2.24, 2.45) is 10.7 Å². The predicted molar refractivity (Wildman–Crippen MR) is 109 cm³/mol. The van der Waals surface area contributed by atoms with Crippen LogP contribution in [-0.2, 0) is 4.74 Å². The van der Waals surface area contributed by atoms with Gasteiger partial charge >= 0.3 is 6.09 Å². The number of carbonyl (C=O) groups excluding carboxylic acids is 1. The van der Waals surface area contributed by atoms with Crippen LogP contribution in [0.25, 0.3) is 16.6 Å². The van der Waals surface area contributed by atoms with E-state index in [0.717, 1.165) is 15.5 Å². The summed E-state index contributed by atoms with van der Waals surface area (Å²) in [7, 11) is 0. The van der Waals surface area contributed by atoms with E-state index in [1.54, 1.807) is 17.3 Å². The molecule has 1 aliphatic heterocycles. The zero-order valence-corrected chi connectivity index (χ0v) is 17.1. The minimum absolute atomic E-state index is 0.0209. The third-order valence-electron chi connectivity index (χ3n) is 3.94. The first kappa shape index (κ1) is 19.3. The van der Waals surface area contributed by atoms with Crippen LogP contribution >= 0.6 is 15.9 Å². The van der Waals surface area contributed by atoms with Crippen molar-refractivity contribution in [3.8, 4) is 0 Å². The number of hydrogen-bond donors (Lipinski definition) is 1. The zero-order chi connectivity index (χ0) is 19.6. The number of para-hydroxylation sites is 1. The van der Waals surface area contributed by atoms with Gasteiger partial charge in [-0.25, -0.2) is 9.78 Å². The summed E-state index contributed by atoms with van der Waals surface area (Å²) in [5, 5.41) is 0. The summed E-state index contributed by atoms with van der Waals surface area (Å²) in [5.74, 6) is 0. The average molecular weight is 432 g/mol. The molecule has 0 atom stereocenters. The van der Waals surface area contributed by atoms with Gasteiger partial charge in [-0.1, -0.05) is 6.07 Å². The summed E-state index contributed by atoms with van der Waals surface area (Å²) in [6, 6.07) is 5.75. The summed E-state index contributed by atoms with van der Waals surface area (Å²) in [4.78, 5) is 27.1. The van der Waals surface area contributed by atoms with Crippen molar-refractivity contribution in [3.63, 3.8) is 0 Å². The van der Waals surface area contributed by atoms with E-state index in [1.165, 1.54) is 6.20 Å². The molecule has 0 aliphatic carbocycles. The maximum atomic E-state index is 12.0. The van der Waals surface area contributed by atoms with Crippen molar-refractivity contribution < 1.29 is 9.53 Å². The zero-order valence-electron chi connectivity index (χ0n) is 15.5. The van der Waals surface area contributed by atoms with Crippen molar-refractivity contribution in [1.29, 1.82) is 0 Å². The van der Waals surface area contributed by atoms with Gasteiger partial charge in [0.25, 0.3) is 0 Å². The molecule has 0 saturated carbocycles. The second kappa shape index (κ2) is 7.64. The van der Waals surface area contributed by atoms with Crippen LogP contribution in [0.5, 0.6) is 0 Å². The molecule has 0 bridgehead atoms. The van der Waals surface area contributed by atoms with E-state index in [0.29, 0.717) is 24.4 Å². The number of nitrogens with zero attached hydrogens (tertiary/aromatic N) is 4. The Bertz CT molecular complexity index is 914. The van der Waals surface area contributed by atoms with Crippen LogP contribution < -0.4 is 5.73 Å². The lowest BCUT2D eigenvalue weighted by Gasteiger charge is -2.37. The highest BCUT2D eigenvalue weighted by atomic mass is 79.9. The van der Waals surface area contributed by atoms with Gasteiger partial charge in [0.2, 0.25) is 0 Å². The Balaban J connectivity index is 1.65. The van der Waals surface area contributed by atoms with Crippen molar-refractivity contribution in [3.05, 3.63) is 40.8 Å². The first-order valence-corrected chi connectivity index (χ1v) is 9.41. The molecule has 1 amide bonds. The van der Waals surface area contributed by atoms with Gasteiger partial charge in [0.15, 0.2) is 0 Å². The van der Waals surface area contributed by atoms with Gasteiger partial charge in [0, 0.05) is 35.5 Å². The van der Waals surface area contributed by atoms with E-state index >= 15 is 0 Å². The Morgan fingerprint density at radius 3 is 2.81 bits per heavy atom. The average Bonchev–Trinajstić information content (AvgIpc) is 2.55. The van der Waals surface area contributed by atoms with Gasteiger partial charge in [-0.3, -0.25) is 9.98 Å². The second-order valence-corrected chi connectivity index (χ2v) is 8.16. The van der Waals surface area contributed by atoms with Gasteiger partial charge < -0.3 is 15.4 Å². The third-order valence-corrected chi connectivity index (χ3v) is 4.58. The number of benzene rings is 1. The first-order valence-electron chi connectivity index (χ1n) is 8.61. The molecule has 1 aromatic heterocycles. The SMILES string of the molecule is CC(C)(C)OC(=O)N1CC(N=CC(=CN)c2cnc3cccc(Br)c3n2)C1. The van der Waals surface area contributed by atoms with E-state index in [1.807, 2.05) is 39.0 Å². The number of halogens is 1. The Morgan fingerprint density at radius 1 is 1.41 bits per heavy atom. The molecule has 0 radical (unpaired) electrons. The molecule has 1 saturated heterocycles. The van der Waals surface area contributed by atoms with E-state index in [2.05, 4.69) is 30.9 Å². The number of ether oxygens (including phenoxy) is 1. The Labute approximate surface area is 166 Å². The fraction of sp³-hybridized carbons (Fsp3) is 0.368. The minimum atomic E-state index is -0.496. The number of aromatic nitrogens is 2. The van der Waals surface area contributed by atoms with Gasteiger partial charge in [0.1, 0.15) is 11.1 Å². The van der Waals surface area contributed by atoms with Crippen molar-refractivity contribution in [1.82, 2.24) is 14.9 Å². The lowest BCUT2D eigenvalue weighted by atomic mass is 10.1. The van der Waals surface area contributed by atoms with Crippen molar-refractivity contribution >= 4 is 44.8 Å². The summed E-state index contributed by atoms with van der Waals surface area (Å²) >= 11 is 3.49. The largest absolute Gasteiger partial charge is 0.444 e. The molecule has 2 N–H and O–H groups in total. The maximum absolute atomic E-state index is 12.0. The highest BCUT2D eigenvalue weighted by Crippen LogP contribution is 2.22. The molecule has 0 spiro atoms. The number of fused-ring (bicyclic) bond motifs is 1. The summed E-state index contributed by atoms with van der Waals surface area (Å²) < 4.78 is 6.21. The van der Waals surface area contributed by atoms with Crippen LogP contribution in [-0.4, -0.2) is 51.9 Å². The Hall–Kier alpha value is -2.48. The molecule has 1 fully saturated rings. The third kappa shape index (κ3) is 4.63. The number of allylic oxidation sites excluding steroid dienone is 1. The molecule has 142 valence electrons. The number of nitrogens with two attached hydrogens (primary N) is 1. The summed E-state index contributed by atoms with van der Waals surface area (Å²) in [6.07, 6.45) is 4.51. The van der Waals surface area contributed by atoms with E-state index in [-0.39, 0.29) is 12.1 Å². The maximum Gasteiger partial charge on any atom is 0.410 e. The number of likely N-dealkylation sites (tertiary alicyclic amines) is 1. The molecule has 2 heterocycles. The van der Waals surface area contributed by atoms with Crippen molar-refractivity contribution in [2.45, 2.75) is 32.4 Å². The van der Waals surface area contributed by atoms with Gasteiger partial charge in [-0.15, -0.1) is 0 Å². The van der Waals surface area contributed by atoms with Gasteiger partial charge in [0.05, 0.1) is 23.4 Å². The van der Waals surface area contributed by atoms with Crippen LogP contribution in [0.3, 0.4) is 0 Å². The normalized spacial score (nSPS) is 16.0. The highest BCUT2D eigenvalue weighted by Gasteiger charge is 2.33. The quantitative estimate of drug-likeness (QED) is 0.751. The summed E-state index contributed by atoms with van der Waals surface area (Å²) in [5.41, 5.74) is 8.15. The fourth-order valence-electron chi connectivity index (χ4n) is 2.54. The van der Waals surface area contributed by atoms with Gasteiger partial charge in [-0.2, -0.15) is 0 Å². The van der Waals surface area contributed by atoms with Crippen LogP contribution in [0.4, 0.5) is 4.79 Å². The topological polar surface area (TPSA) is 93.7 Å². The fourth-order valence-corrected chi connectivity index (χ4v) is 2.99. The molecule has 3 rings (SSSR count). The molecule has 8 heteroatoms. The van der Waals surface area contributed by atoms with E-state index < -0.39 is 5.60 Å². The van der Waals surface area contributed by atoms with E-state index in [4.69, 9.17) is 10.5 Å². The number of rotatable bonds is 3. The number of amides is 1. The monoisotopic (exact) mass is 431 g/mol. The van der Waals surface area contributed by atoms with E-state index in [9.17, 15) is 4.79 Å². The molecule has 1 aliphatic rings. The Kier molecular flexibility index (Phi) is 5.46. The lowest BCUT2D eigenvalue weighted by molar-refractivity contribution is 0.00911. The van der Waals surface area contributed by atoms with Crippen LogP contribution in [0.1, 0.15) is 26.5 Å². The Morgan fingerprint density at radius 2 is 2.15 bits per heavy atom. The minimum Gasteiger partial charge on any atom is -0.444 e. The van der Waals surface area contributed by atoms with Crippen LogP contribution in [0, 0.1) is 0 Å². The molecule has 1 aromatic carbocycles. The predicted octanol–water partition coefficient (Wildman–Crippen LogP) is 3.38. The van der Waals surface area contributed by atoms with Crippen LogP contribution in [0.15, 0.2) is 40.1 Å². The highest BCUT2D eigenvalue weighted by molar-refractivity contribution is 9.10. The molecular formula is C19H22BrN5O2. The molecule has 7 nitrogen and oxygen atoms in total. The second-order valence-electron chi connectivity index (χ2n) is 7.30. The van der Waals surface area contributed by atoms with Crippen LogP contribution in [0.2, 0.25) is 0 Å². The standard InChI is InChI=1S/C19H22BrN5O2/c1-19(2,3)27-18(26)25-10-13(11-25)22-8-12(7-21)16-9-23-15-6-4-5-14(20)17(15)24-16/h4-9,13H,10-11,21H2,1-3H3. The van der Waals surface area contributed by atoms with Gasteiger partial charge in [-0.05, 0) is 48.8 Å². The van der Waals surface area contributed by atoms with Crippen molar-refractivity contribution in [2.75, 3.05) is 13.1 Å². The summed E-state index contributed by atoms with van der Waals surface area (Å²) in [6.45, 7) is 6.60. The number of carbonyl (C=O) groups is 1. The molecule has 27 heavy (non-hydrogen) atoms. The molecule has 0 unspecified atom stereocenters. The molecular weight excluding hydrogens is 410 g/mol. The molecule has 2 aromatic rings. The first-order chi connectivity index (χ1) is 12.8. The smallest absolute Gasteiger partial charge is 0.410 e. The number of aliphatic imine (C=N–C) groups is 1.